The summed E-state index contributed by atoms with van der Waals surface area (Å²) in [6.45, 7) is 1.21. The molecule has 0 bridgehead atoms. The summed E-state index contributed by atoms with van der Waals surface area (Å²) in [5, 5.41) is 11.8. The number of nitrogens with zero attached hydrogens (tertiary/aromatic N) is 2. The van der Waals surface area contributed by atoms with Gasteiger partial charge in [0.1, 0.15) is 5.01 Å². The lowest BCUT2D eigenvalue weighted by atomic mass is 10.2. The third-order valence-corrected chi connectivity index (χ3v) is 3.21. The van der Waals surface area contributed by atoms with Gasteiger partial charge in [0, 0.05) is 18.1 Å². The van der Waals surface area contributed by atoms with Gasteiger partial charge >= 0.3 is 5.97 Å². The molecule has 94 valence electrons. The molecular weight excluding hydrogens is 248 g/mol. The first-order valence-corrected chi connectivity index (χ1v) is 6.48. The molecule has 0 aliphatic carbocycles. The maximum absolute atomic E-state index is 10.9. The van der Waals surface area contributed by atoms with E-state index in [0.717, 1.165) is 10.6 Å². The average Bonchev–Trinajstić information content (AvgIpc) is 2.82. The zero-order valence-electron chi connectivity index (χ0n) is 9.82. The fourth-order valence-corrected chi connectivity index (χ4v) is 2.38. The van der Waals surface area contributed by atoms with Crippen LogP contribution in [-0.2, 0) is 17.9 Å². The third kappa shape index (κ3) is 3.94. The fraction of sp³-hybridized carbons (Fsp3) is 0.231. The molecule has 1 N–H and O–H groups in total. The Balaban J connectivity index is 2.03. The van der Waals surface area contributed by atoms with Crippen molar-refractivity contribution in [1.82, 2.24) is 9.88 Å². The number of thiazole rings is 1. The molecule has 0 saturated carbocycles. The minimum Gasteiger partial charge on any atom is -0.480 e. The highest BCUT2D eigenvalue weighted by atomic mass is 32.1. The molecular formula is C13H14N2O2S. The number of hydrogen-bond donors (Lipinski definition) is 1. The van der Waals surface area contributed by atoms with Gasteiger partial charge in [0.15, 0.2) is 0 Å². The number of benzene rings is 1. The van der Waals surface area contributed by atoms with Gasteiger partial charge in [-0.15, -0.1) is 11.3 Å². The lowest BCUT2D eigenvalue weighted by molar-refractivity contribution is -0.138. The highest BCUT2D eigenvalue weighted by molar-refractivity contribution is 7.09. The van der Waals surface area contributed by atoms with Crippen LogP contribution in [-0.4, -0.2) is 27.5 Å². The Morgan fingerprint density at radius 3 is 2.67 bits per heavy atom. The molecule has 18 heavy (non-hydrogen) atoms. The summed E-state index contributed by atoms with van der Waals surface area (Å²) >= 11 is 1.54. The second-order valence-electron chi connectivity index (χ2n) is 3.95. The van der Waals surface area contributed by atoms with Gasteiger partial charge < -0.3 is 5.11 Å². The number of carbonyl (C=O) groups is 1. The molecule has 0 spiro atoms. The molecule has 2 aromatic rings. The van der Waals surface area contributed by atoms with Crippen LogP contribution in [0.25, 0.3) is 0 Å². The summed E-state index contributed by atoms with van der Waals surface area (Å²) < 4.78 is 0. The van der Waals surface area contributed by atoms with Crippen molar-refractivity contribution in [1.29, 1.82) is 0 Å². The van der Waals surface area contributed by atoms with E-state index in [9.17, 15) is 4.79 Å². The van der Waals surface area contributed by atoms with Crippen molar-refractivity contribution in [2.75, 3.05) is 6.54 Å². The van der Waals surface area contributed by atoms with Crippen molar-refractivity contribution in [2.24, 2.45) is 0 Å². The Morgan fingerprint density at radius 2 is 2.06 bits per heavy atom. The molecule has 1 heterocycles. The van der Waals surface area contributed by atoms with Crippen LogP contribution >= 0.6 is 11.3 Å². The van der Waals surface area contributed by atoms with Crippen molar-refractivity contribution in [2.45, 2.75) is 13.1 Å². The van der Waals surface area contributed by atoms with Crippen LogP contribution in [0.5, 0.6) is 0 Å². The molecule has 1 aromatic heterocycles. The summed E-state index contributed by atoms with van der Waals surface area (Å²) in [7, 11) is 0. The summed E-state index contributed by atoms with van der Waals surface area (Å²) in [4.78, 5) is 16.9. The highest BCUT2D eigenvalue weighted by Crippen LogP contribution is 2.11. The number of aromatic nitrogens is 1. The standard InChI is InChI=1S/C13H14N2O2S/c16-13(17)10-15(9-12-14-6-7-18-12)8-11-4-2-1-3-5-11/h1-7H,8-10H2,(H,16,17). The third-order valence-electron chi connectivity index (χ3n) is 2.45. The van der Waals surface area contributed by atoms with Gasteiger partial charge in [-0.05, 0) is 5.56 Å². The maximum atomic E-state index is 10.9. The van der Waals surface area contributed by atoms with E-state index in [4.69, 9.17) is 5.11 Å². The maximum Gasteiger partial charge on any atom is 0.317 e. The molecule has 0 aliphatic rings. The number of rotatable bonds is 6. The van der Waals surface area contributed by atoms with E-state index in [0.29, 0.717) is 13.1 Å². The minimum atomic E-state index is -0.817. The summed E-state index contributed by atoms with van der Waals surface area (Å²) in [6, 6.07) is 9.86. The molecule has 0 amide bonds. The van der Waals surface area contributed by atoms with Crippen LogP contribution in [0.3, 0.4) is 0 Å². The predicted octanol–water partition coefficient (Wildman–Crippen LogP) is 2.23. The zero-order valence-corrected chi connectivity index (χ0v) is 10.6. The smallest absolute Gasteiger partial charge is 0.317 e. The van der Waals surface area contributed by atoms with E-state index in [1.54, 1.807) is 17.5 Å². The van der Waals surface area contributed by atoms with Gasteiger partial charge in [-0.25, -0.2) is 4.98 Å². The Morgan fingerprint density at radius 1 is 1.28 bits per heavy atom. The van der Waals surface area contributed by atoms with Crippen LogP contribution in [0.15, 0.2) is 41.9 Å². The van der Waals surface area contributed by atoms with E-state index >= 15 is 0 Å². The van der Waals surface area contributed by atoms with E-state index < -0.39 is 5.97 Å². The summed E-state index contributed by atoms with van der Waals surface area (Å²) in [5.74, 6) is -0.817. The minimum absolute atomic E-state index is 0.0223. The lowest BCUT2D eigenvalue weighted by Crippen LogP contribution is -2.28. The van der Waals surface area contributed by atoms with Gasteiger partial charge in [-0.3, -0.25) is 9.69 Å². The molecule has 0 fully saturated rings. The second-order valence-corrected chi connectivity index (χ2v) is 4.93. The number of carboxylic acid groups (broad SMARTS) is 1. The van der Waals surface area contributed by atoms with Gasteiger partial charge in [0.05, 0.1) is 13.1 Å². The van der Waals surface area contributed by atoms with Crippen molar-refractivity contribution < 1.29 is 9.90 Å². The molecule has 0 atom stereocenters. The SMILES string of the molecule is O=C(O)CN(Cc1ccccc1)Cc1nccs1. The van der Waals surface area contributed by atoms with Crippen LogP contribution in [0.4, 0.5) is 0 Å². The molecule has 0 saturated heterocycles. The topological polar surface area (TPSA) is 53.4 Å². The molecule has 0 radical (unpaired) electrons. The Bertz CT molecular complexity index is 485. The van der Waals surface area contributed by atoms with Crippen molar-refractivity contribution in [3.8, 4) is 0 Å². The Hall–Kier alpha value is -1.72. The Kier molecular flexibility index (Phi) is 4.44. The zero-order chi connectivity index (χ0) is 12.8. The van der Waals surface area contributed by atoms with E-state index in [2.05, 4.69) is 4.98 Å². The van der Waals surface area contributed by atoms with Crippen molar-refractivity contribution in [3.63, 3.8) is 0 Å². The predicted molar refractivity (Wildman–Crippen MR) is 70.3 cm³/mol. The van der Waals surface area contributed by atoms with E-state index in [1.165, 1.54) is 0 Å². The molecule has 4 nitrogen and oxygen atoms in total. The molecule has 0 unspecified atom stereocenters. The second kappa shape index (κ2) is 6.28. The van der Waals surface area contributed by atoms with Gasteiger partial charge in [0.25, 0.3) is 0 Å². The van der Waals surface area contributed by atoms with Crippen molar-refractivity contribution >= 4 is 17.3 Å². The molecule has 0 aliphatic heterocycles. The summed E-state index contributed by atoms with van der Waals surface area (Å²) in [6.07, 6.45) is 1.74. The lowest BCUT2D eigenvalue weighted by Gasteiger charge is -2.18. The van der Waals surface area contributed by atoms with Crippen LogP contribution in [0.2, 0.25) is 0 Å². The fourth-order valence-electron chi connectivity index (χ4n) is 1.72. The number of carboxylic acids is 1. The highest BCUT2D eigenvalue weighted by Gasteiger charge is 2.12. The first-order chi connectivity index (χ1) is 8.74. The van der Waals surface area contributed by atoms with Crippen LogP contribution in [0.1, 0.15) is 10.6 Å². The first kappa shape index (κ1) is 12.7. The van der Waals surface area contributed by atoms with Crippen LogP contribution < -0.4 is 0 Å². The number of hydrogen-bond acceptors (Lipinski definition) is 4. The summed E-state index contributed by atoms with van der Waals surface area (Å²) in [5.41, 5.74) is 1.11. The quantitative estimate of drug-likeness (QED) is 0.867. The molecule has 2 rings (SSSR count). The monoisotopic (exact) mass is 262 g/mol. The van der Waals surface area contributed by atoms with E-state index in [-0.39, 0.29) is 6.54 Å². The van der Waals surface area contributed by atoms with Crippen molar-refractivity contribution in [3.05, 3.63) is 52.5 Å². The van der Waals surface area contributed by atoms with Gasteiger partial charge in [-0.1, -0.05) is 30.3 Å². The van der Waals surface area contributed by atoms with Gasteiger partial charge in [-0.2, -0.15) is 0 Å². The normalized spacial score (nSPS) is 10.7. The van der Waals surface area contributed by atoms with E-state index in [1.807, 2.05) is 40.6 Å². The van der Waals surface area contributed by atoms with Crippen LogP contribution in [0, 0.1) is 0 Å². The van der Waals surface area contributed by atoms with Gasteiger partial charge in [0.2, 0.25) is 0 Å². The Labute approximate surface area is 110 Å². The average molecular weight is 262 g/mol. The number of aliphatic carboxylic acids is 1. The molecule has 1 aromatic carbocycles. The molecule has 5 heteroatoms. The largest absolute Gasteiger partial charge is 0.480 e. The first-order valence-electron chi connectivity index (χ1n) is 5.60.